The quantitative estimate of drug-likeness (QED) is 0.840. The first-order valence-electron chi connectivity index (χ1n) is 5.17. The Bertz CT molecular complexity index is 337. The molecule has 1 aromatic rings. The average Bonchev–Trinajstić information content (AvgIpc) is 2.25. The molecule has 1 aliphatic rings. The number of hydroxylamine groups is 2. The summed E-state index contributed by atoms with van der Waals surface area (Å²) in [7, 11) is 0. The summed E-state index contributed by atoms with van der Waals surface area (Å²) < 4.78 is 0.950. The van der Waals surface area contributed by atoms with Crippen molar-refractivity contribution in [3.63, 3.8) is 0 Å². The van der Waals surface area contributed by atoms with Crippen LogP contribution in [0.2, 0.25) is 0 Å². The van der Waals surface area contributed by atoms with E-state index in [2.05, 4.69) is 22.0 Å². The van der Waals surface area contributed by atoms with Gasteiger partial charge in [0.25, 0.3) is 0 Å². The van der Waals surface area contributed by atoms with Gasteiger partial charge in [-0.25, -0.2) is 0 Å². The van der Waals surface area contributed by atoms with E-state index in [1.807, 2.05) is 17.2 Å². The third-order valence-electron chi connectivity index (χ3n) is 2.50. The van der Waals surface area contributed by atoms with Crippen LogP contribution in [0.4, 0.5) is 5.69 Å². The van der Waals surface area contributed by atoms with Crippen molar-refractivity contribution in [1.82, 2.24) is 5.06 Å². The van der Waals surface area contributed by atoms with Gasteiger partial charge in [0.1, 0.15) is 0 Å². The highest BCUT2D eigenvalue weighted by molar-refractivity contribution is 9.10. The summed E-state index contributed by atoms with van der Waals surface area (Å²) in [4.78, 5) is 5.53. The van der Waals surface area contributed by atoms with Gasteiger partial charge >= 0.3 is 0 Å². The summed E-state index contributed by atoms with van der Waals surface area (Å²) in [5.74, 6) is 0. The zero-order chi connectivity index (χ0) is 10.7. The van der Waals surface area contributed by atoms with Gasteiger partial charge in [0.2, 0.25) is 0 Å². The summed E-state index contributed by atoms with van der Waals surface area (Å²) in [6.45, 7) is 2.67. The van der Waals surface area contributed by atoms with Crippen LogP contribution in [0, 0.1) is 0 Å². The van der Waals surface area contributed by atoms with E-state index in [1.54, 1.807) is 0 Å². The van der Waals surface area contributed by atoms with Crippen LogP contribution in [0.5, 0.6) is 0 Å². The molecule has 15 heavy (non-hydrogen) atoms. The highest BCUT2D eigenvalue weighted by Crippen LogP contribution is 2.21. The molecule has 82 valence electrons. The van der Waals surface area contributed by atoms with Crippen molar-refractivity contribution < 1.29 is 4.84 Å². The fraction of sp³-hybridized carbons (Fsp3) is 0.455. The lowest BCUT2D eigenvalue weighted by Crippen LogP contribution is -2.29. The van der Waals surface area contributed by atoms with E-state index < -0.39 is 0 Å². The molecule has 1 aliphatic heterocycles. The maximum Gasteiger partial charge on any atom is 0.0685 e. The Morgan fingerprint density at radius 2 is 2.27 bits per heavy atom. The zero-order valence-corrected chi connectivity index (χ0v) is 10.2. The molecule has 2 N–H and O–H groups in total. The molecular formula is C11H15BrN2O. The number of benzene rings is 1. The molecule has 0 radical (unpaired) electrons. The van der Waals surface area contributed by atoms with Crippen LogP contribution in [0.25, 0.3) is 0 Å². The topological polar surface area (TPSA) is 38.5 Å². The van der Waals surface area contributed by atoms with Crippen molar-refractivity contribution >= 4 is 21.6 Å². The van der Waals surface area contributed by atoms with Gasteiger partial charge in [0.15, 0.2) is 0 Å². The van der Waals surface area contributed by atoms with E-state index in [-0.39, 0.29) is 0 Å². The van der Waals surface area contributed by atoms with Crippen LogP contribution in [-0.2, 0) is 11.4 Å². The maximum absolute atomic E-state index is 5.82. The van der Waals surface area contributed by atoms with Crippen LogP contribution in [0.15, 0.2) is 22.7 Å². The molecule has 0 unspecified atom stereocenters. The first kappa shape index (κ1) is 10.9. The first-order valence-corrected chi connectivity index (χ1v) is 5.97. The van der Waals surface area contributed by atoms with Crippen molar-refractivity contribution in [3.05, 3.63) is 28.2 Å². The van der Waals surface area contributed by atoms with E-state index in [1.165, 1.54) is 18.4 Å². The van der Waals surface area contributed by atoms with Crippen molar-refractivity contribution in [2.24, 2.45) is 0 Å². The molecule has 0 aliphatic carbocycles. The predicted molar refractivity (Wildman–Crippen MR) is 64.2 cm³/mol. The van der Waals surface area contributed by atoms with Crippen LogP contribution >= 0.6 is 15.9 Å². The average molecular weight is 271 g/mol. The molecule has 0 spiro atoms. The number of nitrogens with zero attached hydrogens (tertiary/aromatic N) is 1. The van der Waals surface area contributed by atoms with Crippen molar-refractivity contribution in [3.8, 4) is 0 Å². The third-order valence-corrected chi connectivity index (χ3v) is 3.22. The zero-order valence-electron chi connectivity index (χ0n) is 8.58. The van der Waals surface area contributed by atoms with Crippen LogP contribution in [-0.4, -0.2) is 18.2 Å². The number of hydrogen-bond donors (Lipinski definition) is 1. The van der Waals surface area contributed by atoms with Crippen molar-refractivity contribution in [2.45, 2.75) is 19.4 Å². The summed E-state index contributed by atoms with van der Waals surface area (Å²) >= 11 is 3.38. The van der Waals surface area contributed by atoms with Gasteiger partial charge in [-0.05, 0) is 46.5 Å². The molecule has 0 aromatic heterocycles. The van der Waals surface area contributed by atoms with Crippen molar-refractivity contribution in [2.75, 3.05) is 18.9 Å². The fourth-order valence-corrected chi connectivity index (χ4v) is 1.91. The number of rotatable bonds is 2. The van der Waals surface area contributed by atoms with E-state index in [9.17, 15) is 0 Å². The predicted octanol–water partition coefficient (Wildman–Crippen LogP) is 2.56. The summed E-state index contributed by atoms with van der Waals surface area (Å²) in [5, 5.41) is 2.01. The third kappa shape index (κ3) is 2.93. The van der Waals surface area contributed by atoms with Gasteiger partial charge in [0.05, 0.1) is 6.61 Å². The normalized spacial score (nSPS) is 17.9. The van der Waals surface area contributed by atoms with E-state index in [0.717, 1.165) is 29.9 Å². The second kappa shape index (κ2) is 4.96. The Balaban J connectivity index is 2.00. The molecule has 0 atom stereocenters. The highest BCUT2D eigenvalue weighted by Gasteiger charge is 2.11. The van der Waals surface area contributed by atoms with Crippen molar-refractivity contribution in [1.29, 1.82) is 0 Å². The number of anilines is 1. The van der Waals surface area contributed by atoms with E-state index in [4.69, 9.17) is 10.6 Å². The minimum atomic E-state index is 0.782. The molecule has 1 fully saturated rings. The minimum absolute atomic E-state index is 0.782. The Kier molecular flexibility index (Phi) is 3.61. The lowest BCUT2D eigenvalue weighted by atomic mass is 10.2. The van der Waals surface area contributed by atoms with Gasteiger partial charge in [-0.2, -0.15) is 5.06 Å². The molecule has 2 rings (SSSR count). The van der Waals surface area contributed by atoms with Gasteiger partial charge < -0.3 is 5.73 Å². The molecule has 3 nitrogen and oxygen atoms in total. The molecule has 4 heteroatoms. The maximum atomic E-state index is 5.82. The van der Waals surface area contributed by atoms with Gasteiger partial charge in [0, 0.05) is 23.2 Å². The van der Waals surface area contributed by atoms with Crippen LogP contribution in [0.3, 0.4) is 0 Å². The summed E-state index contributed by atoms with van der Waals surface area (Å²) in [5.41, 5.74) is 7.79. The second-order valence-corrected chi connectivity index (χ2v) is 4.61. The minimum Gasteiger partial charge on any atom is -0.398 e. The van der Waals surface area contributed by atoms with Gasteiger partial charge in [-0.15, -0.1) is 0 Å². The fourth-order valence-electron chi connectivity index (χ4n) is 1.67. The lowest BCUT2D eigenvalue weighted by Gasteiger charge is -2.26. The van der Waals surface area contributed by atoms with E-state index in [0.29, 0.717) is 0 Å². The number of halogens is 1. The largest absolute Gasteiger partial charge is 0.398 e. The SMILES string of the molecule is Nc1cc(CN2CCCCO2)ccc1Br. The summed E-state index contributed by atoms with van der Waals surface area (Å²) in [6, 6.07) is 6.04. The lowest BCUT2D eigenvalue weighted by molar-refractivity contribution is -0.187. The number of nitrogens with two attached hydrogens (primary N) is 1. The monoisotopic (exact) mass is 270 g/mol. The van der Waals surface area contributed by atoms with Crippen LogP contribution in [0.1, 0.15) is 18.4 Å². The second-order valence-electron chi connectivity index (χ2n) is 3.76. The smallest absolute Gasteiger partial charge is 0.0685 e. The van der Waals surface area contributed by atoms with E-state index >= 15 is 0 Å². The molecule has 1 saturated heterocycles. The Morgan fingerprint density at radius 1 is 1.40 bits per heavy atom. The molecule has 0 amide bonds. The molecule has 0 bridgehead atoms. The van der Waals surface area contributed by atoms with Gasteiger partial charge in [-0.1, -0.05) is 6.07 Å². The summed E-state index contributed by atoms with van der Waals surface area (Å²) in [6.07, 6.45) is 2.38. The number of nitrogen functional groups attached to an aromatic ring is 1. The Morgan fingerprint density at radius 3 is 2.93 bits per heavy atom. The first-order chi connectivity index (χ1) is 7.25. The number of hydrogen-bond acceptors (Lipinski definition) is 3. The Hall–Kier alpha value is -0.580. The molecule has 1 aromatic carbocycles. The van der Waals surface area contributed by atoms with Crippen LogP contribution < -0.4 is 5.73 Å². The molecular weight excluding hydrogens is 256 g/mol. The Labute approximate surface area is 98.3 Å². The van der Waals surface area contributed by atoms with Gasteiger partial charge in [-0.3, -0.25) is 4.84 Å². The molecule has 0 saturated carbocycles. The highest BCUT2D eigenvalue weighted by atomic mass is 79.9. The molecule has 1 heterocycles. The standard InChI is InChI=1S/C11H15BrN2O/c12-10-4-3-9(7-11(10)13)8-14-5-1-2-6-15-14/h3-4,7H,1-2,5-6,8,13H2.